The van der Waals surface area contributed by atoms with Gasteiger partial charge in [-0.3, -0.25) is 19.3 Å². The summed E-state index contributed by atoms with van der Waals surface area (Å²) in [6.45, 7) is 1.68. The van der Waals surface area contributed by atoms with Gasteiger partial charge >= 0.3 is 0 Å². The molecule has 1 N–H and O–H groups in total. The van der Waals surface area contributed by atoms with Crippen molar-refractivity contribution in [3.05, 3.63) is 88.9 Å². The maximum absolute atomic E-state index is 12.9. The standard InChI is InChI=1S/C27H25ClN2O5/c1-18(27(33)29-14-13-19-7-3-2-4-8-19)30-22-15-20(11-12-25(22)35-17-26(30)32)23(31)16-34-24-10-6-5-9-21(24)28/h2-12,15,18H,13-14,16-17H2,1H3,(H,29,33). The molecule has 2 amide bonds. The molecule has 0 bridgehead atoms. The topological polar surface area (TPSA) is 84.9 Å². The quantitative estimate of drug-likeness (QED) is 0.455. The van der Waals surface area contributed by atoms with E-state index in [1.165, 1.54) is 4.90 Å². The van der Waals surface area contributed by atoms with E-state index in [0.29, 0.717) is 40.7 Å². The van der Waals surface area contributed by atoms with Gasteiger partial charge in [0.15, 0.2) is 19.0 Å². The fourth-order valence-electron chi connectivity index (χ4n) is 3.80. The van der Waals surface area contributed by atoms with Gasteiger partial charge in [0.1, 0.15) is 17.5 Å². The van der Waals surface area contributed by atoms with Crippen LogP contribution >= 0.6 is 11.6 Å². The van der Waals surface area contributed by atoms with Crippen molar-refractivity contribution < 1.29 is 23.9 Å². The summed E-state index contributed by atoms with van der Waals surface area (Å²) < 4.78 is 11.1. The van der Waals surface area contributed by atoms with Crippen LogP contribution in [0.2, 0.25) is 5.02 Å². The second-order valence-corrected chi connectivity index (χ2v) is 8.49. The summed E-state index contributed by atoms with van der Waals surface area (Å²) in [5, 5.41) is 3.29. The first-order valence-electron chi connectivity index (χ1n) is 11.2. The molecule has 180 valence electrons. The minimum Gasteiger partial charge on any atom is -0.484 e. The normalized spacial score (nSPS) is 13.4. The average Bonchev–Trinajstić information content (AvgIpc) is 2.88. The lowest BCUT2D eigenvalue weighted by atomic mass is 10.1. The first-order chi connectivity index (χ1) is 16.9. The second kappa shape index (κ2) is 11.1. The van der Waals surface area contributed by atoms with Crippen LogP contribution in [-0.4, -0.2) is 43.4 Å². The van der Waals surface area contributed by atoms with Crippen LogP contribution in [0.1, 0.15) is 22.8 Å². The maximum Gasteiger partial charge on any atom is 0.265 e. The van der Waals surface area contributed by atoms with Crippen LogP contribution in [0.3, 0.4) is 0 Å². The van der Waals surface area contributed by atoms with E-state index in [2.05, 4.69) is 5.32 Å². The van der Waals surface area contributed by atoms with Crippen molar-refractivity contribution in [2.24, 2.45) is 0 Å². The summed E-state index contributed by atoms with van der Waals surface area (Å²) in [5.41, 5.74) is 1.81. The first kappa shape index (κ1) is 24.3. The predicted octanol–water partition coefficient (Wildman–Crippen LogP) is 4.07. The summed E-state index contributed by atoms with van der Waals surface area (Å²) >= 11 is 6.08. The number of rotatable bonds is 9. The van der Waals surface area contributed by atoms with Crippen molar-refractivity contribution >= 4 is 34.9 Å². The second-order valence-electron chi connectivity index (χ2n) is 8.08. The lowest BCUT2D eigenvalue weighted by Gasteiger charge is -2.33. The van der Waals surface area contributed by atoms with Crippen LogP contribution < -0.4 is 19.7 Å². The van der Waals surface area contributed by atoms with Gasteiger partial charge in [0.2, 0.25) is 5.91 Å². The van der Waals surface area contributed by atoms with E-state index in [9.17, 15) is 14.4 Å². The number of benzene rings is 3. The molecule has 0 aromatic heterocycles. The zero-order valence-corrected chi connectivity index (χ0v) is 20.0. The van der Waals surface area contributed by atoms with Gasteiger partial charge in [-0.15, -0.1) is 0 Å². The van der Waals surface area contributed by atoms with E-state index in [1.807, 2.05) is 30.3 Å². The number of ether oxygens (including phenoxy) is 2. The van der Waals surface area contributed by atoms with Crippen molar-refractivity contribution in [2.75, 3.05) is 24.7 Å². The van der Waals surface area contributed by atoms with Crippen molar-refractivity contribution in [3.8, 4) is 11.5 Å². The molecule has 0 radical (unpaired) electrons. The zero-order chi connectivity index (χ0) is 24.8. The number of carbonyl (C=O) groups is 3. The van der Waals surface area contributed by atoms with Gasteiger partial charge in [0.05, 0.1) is 10.7 Å². The van der Waals surface area contributed by atoms with E-state index in [1.54, 1.807) is 49.4 Å². The van der Waals surface area contributed by atoms with E-state index >= 15 is 0 Å². The van der Waals surface area contributed by atoms with E-state index in [0.717, 1.165) is 5.56 Å². The number of hydrogen-bond acceptors (Lipinski definition) is 5. The van der Waals surface area contributed by atoms with Gasteiger partial charge in [-0.05, 0) is 49.2 Å². The molecular weight excluding hydrogens is 468 g/mol. The highest BCUT2D eigenvalue weighted by Gasteiger charge is 2.33. The molecule has 0 saturated heterocycles. The number of amides is 2. The molecule has 0 fully saturated rings. The molecule has 8 heteroatoms. The molecule has 3 aromatic carbocycles. The highest BCUT2D eigenvalue weighted by atomic mass is 35.5. The smallest absolute Gasteiger partial charge is 0.265 e. The number of para-hydroxylation sites is 1. The molecule has 0 saturated carbocycles. The summed E-state index contributed by atoms with van der Waals surface area (Å²) in [6.07, 6.45) is 0.678. The summed E-state index contributed by atoms with van der Waals surface area (Å²) in [4.78, 5) is 39.7. The van der Waals surface area contributed by atoms with Crippen LogP contribution in [0.25, 0.3) is 0 Å². The molecule has 0 spiro atoms. The van der Waals surface area contributed by atoms with Gasteiger partial charge in [0, 0.05) is 12.1 Å². The third-order valence-corrected chi connectivity index (χ3v) is 5.99. The molecule has 4 rings (SSSR count). The Morgan fingerprint density at radius 3 is 2.60 bits per heavy atom. The Morgan fingerprint density at radius 2 is 1.83 bits per heavy atom. The SMILES string of the molecule is CC(C(=O)NCCc1ccccc1)N1C(=O)COc2ccc(C(=O)COc3ccccc3Cl)cc21. The van der Waals surface area contributed by atoms with Crippen molar-refractivity contribution in [1.29, 1.82) is 0 Å². The van der Waals surface area contributed by atoms with Crippen LogP contribution in [0.5, 0.6) is 11.5 Å². The molecule has 1 aliphatic rings. The van der Waals surface area contributed by atoms with Crippen LogP contribution in [-0.2, 0) is 16.0 Å². The van der Waals surface area contributed by atoms with Crippen molar-refractivity contribution in [1.82, 2.24) is 5.32 Å². The van der Waals surface area contributed by atoms with E-state index in [-0.39, 0.29) is 30.8 Å². The van der Waals surface area contributed by atoms with Crippen LogP contribution in [0.4, 0.5) is 5.69 Å². The summed E-state index contributed by atoms with van der Waals surface area (Å²) in [6, 6.07) is 20.7. The average molecular weight is 493 g/mol. The molecule has 3 aromatic rings. The van der Waals surface area contributed by atoms with Gasteiger partial charge in [-0.2, -0.15) is 0 Å². The van der Waals surface area contributed by atoms with Gasteiger partial charge < -0.3 is 14.8 Å². The predicted molar refractivity (Wildman–Crippen MR) is 133 cm³/mol. The maximum atomic E-state index is 12.9. The molecule has 35 heavy (non-hydrogen) atoms. The number of ketones is 1. The Kier molecular flexibility index (Phi) is 7.67. The molecule has 0 aliphatic carbocycles. The fourth-order valence-corrected chi connectivity index (χ4v) is 3.99. The highest BCUT2D eigenvalue weighted by Crippen LogP contribution is 2.34. The molecule has 7 nitrogen and oxygen atoms in total. The minimum atomic E-state index is -0.786. The lowest BCUT2D eigenvalue weighted by molar-refractivity contribution is -0.127. The Labute approximate surface area is 208 Å². The number of fused-ring (bicyclic) bond motifs is 1. The van der Waals surface area contributed by atoms with E-state index < -0.39 is 6.04 Å². The minimum absolute atomic E-state index is 0.183. The summed E-state index contributed by atoms with van der Waals surface area (Å²) in [5.74, 6) is -0.120. The highest BCUT2D eigenvalue weighted by molar-refractivity contribution is 6.32. The Morgan fingerprint density at radius 1 is 1.09 bits per heavy atom. The number of anilines is 1. The zero-order valence-electron chi connectivity index (χ0n) is 19.2. The van der Waals surface area contributed by atoms with Gasteiger partial charge in [-0.25, -0.2) is 0 Å². The molecular formula is C27H25ClN2O5. The number of nitrogens with one attached hydrogen (secondary N) is 1. The number of Topliss-reactive ketones (excluding diaryl/α,β-unsaturated/α-hetero) is 1. The van der Waals surface area contributed by atoms with Gasteiger partial charge in [0.25, 0.3) is 5.91 Å². The van der Waals surface area contributed by atoms with Crippen molar-refractivity contribution in [3.63, 3.8) is 0 Å². The number of carbonyl (C=O) groups excluding carboxylic acids is 3. The third kappa shape index (κ3) is 5.81. The number of nitrogens with zero attached hydrogens (tertiary/aromatic N) is 1. The molecule has 1 atom stereocenters. The molecule has 1 aliphatic heterocycles. The van der Waals surface area contributed by atoms with Crippen LogP contribution in [0, 0.1) is 0 Å². The Bertz CT molecular complexity index is 1230. The van der Waals surface area contributed by atoms with E-state index in [4.69, 9.17) is 21.1 Å². The molecule has 1 unspecified atom stereocenters. The number of hydrogen-bond donors (Lipinski definition) is 1. The Balaban J connectivity index is 1.45. The molecule has 1 heterocycles. The third-order valence-electron chi connectivity index (χ3n) is 5.68. The van der Waals surface area contributed by atoms with Crippen molar-refractivity contribution in [2.45, 2.75) is 19.4 Å². The Hall–Kier alpha value is -3.84. The van der Waals surface area contributed by atoms with Crippen LogP contribution in [0.15, 0.2) is 72.8 Å². The summed E-state index contributed by atoms with van der Waals surface area (Å²) in [7, 11) is 0. The fraction of sp³-hybridized carbons (Fsp3) is 0.222. The lowest BCUT2D eigenvalue weighted by Crippen LogP contribution is -2.51. The monoisotopic (exact) mass is 492 g/mol. The van der Waals surface area contributed by atoms with Gasteiger partial charge in [-0.1, -0.05) is 54.1 Å². The largest absolute Gasteiger partial charge is 0.484 e. The first-order valence-corrected chi connectivity index (χ1v) is 11.6. The number of halogens is 1.